The number of fused-ring (bicyclic) bond motifs is 2. The molecule has 4 heteroatoms. The number of nitrogens with zero attached hydrogens (tertiary/aromatic N) is 1. The lowest BCUT2D eigenvalue weighted by molar-refractivity contribution is 0.0784. The van der Waals surface area contributed by atoms with Crippen molar-refractivity contribution in [3.63, 3.8) is 0 Å². The summed E-state index contributed by atoms with van der Waals surface area (Å²) >= 11 is 1.75. The largest absolute Gasteiger partial charge is 0.497 e. The van der Waals surface area contributed by atoms with E-state index in [-0.39, 0.29) is 5.91 Å². The van der Waals surface area contributed by atoms with Crippen LogP contribution < -0.4 is 4.74 Å². The van der Waals surface area contributed by atoms with Gasteiger partial charge in [0, 0.05) is 23.8 Å². The van der Waals surface area contributed by atoms with Crippen molar-refractivity contribution in [3.8, 4) is 5.75 Å². The molecule has 1 amide bonds. The third kappa shape index (κ3) is 3.21. The lowest BCUT2D eigenvalue weighted by atomic mass is 9.95. The molecule has 0 N–H and O–H groups in total. The molecule has 1 aliphatic carbocycles. The number of rotatable bonds is 4. The zero-order valence-electron chi connectivity index (χ0n) is 15.2. The molecule has 0 radical (unpaired) electrons. The van der Waals surface area contributed by atoms with E-state index in [1.54, 1.807) is 18.4 Å². The molecule has 26 heavy (non-hydrogen) atoms. The zero-order valence-corrected chi connectivity index (χ0v) is 16.1. The molecule has 0 atom stereocenters. The lowest BCUT2D eigenvalue weighted by Gasteiger charge is -2.19. The highest BCUT2D eigenvalue weighted by Crippen LogP contribution is 2.31. The van der Waals surface area contributed by atoms with Crippen molar-refractivity contribution in [2.24, 2.45) is 0 Å². The fourth-order valence-electron chi connectivity index (χ4n) is 3.72. The van der Waals surface area contributed by atoms with Gasteiger partial charge in [-0.25, -0.2) is 0 Å². The number of methoxy groups -OCH3 is 1. The molecule has 0 saturated heterocycles. The van der Waals surface area contributed by atoms with E-state index in [1.165, 1.54) is 23.3 Å². The number of aryl methyl sites for hydroxylation is 1. The van der Waals surface area contributed by atoms with Gasteiger partial charge in [-0.1, -0.05) is 18.2 Å². The second kappa shape index (κ2) is 7.12. The van der Waals surface area contributed by atoms with Gasteiger partial charge in [0.1, 0.15) is 5.75 Å². The Kier molecular flexibility index (Phi) is 4.68. The number of hydrogen-bond acceptors (Lipinski definition) is 3. The Bertz CT molecular complexity index is 960. The van der Waals surface area contributed by atoms with Crippen molar-refractivity contribution < 1.29 is 9.53 Å². The van der Waals surface area contributed by atoms with Gasteiger partial charge < -0.3 is 9.64 Å². The van der Waals surface area contributed by atoms with Crippen LogP contribution >= 0.6 is 11.3 Å². The minimum absolute atomic E-state index is 0.138. The Labute approximate surface area is 158 Å². The molecule has 1 aromatic heterocycles. The molecule has 1 heterocycles. The summed E-state index contributed by atoms with van der Waals surface area (Å²) in [4.78, 5) is 16.2. The highest BCUT2D eigenvalue weighted by atomic mass is 32.1. The summed E-state index contributed by atoms with van der Waals surface area (Å²) in [5, 5.41) is 4.37. The molecule has 0 unspecified atom stereocenters. The van der Waals surface area contributed by atoms with Gasteiger partial charge in [-0.05, 0) is 65.8 Å². The van der Waals surface area contributed by atoms with Gasteiger partial charge >= 0.3 is 0 Å². The predicted molar refractivity (Wildman–Crippen MR) is 107 cm³/mol. The summed E-state index contributed by atoms with van der Waals surface area (Å²) in [6.07, 6.45) is 4.62. The molecular weight excluding hydrogens is 342 g/mol. The topological polar surface area (TPSA) is 29.5 Å². The summed E-state index contributed by atoms with van der Waals surface area (Å²) in [7, 11) is 3.58. The Balaban J connectivity index is 1.54. The predicted octanol–water partition coefficient (Wildman–Crippen LogP) is 5.06. The second-order valence-electron chi connectivity index (χ2n) is 6.97. The van der Waals surface area contributed by atoms with Crippen LogP contribution in [-0.2, 0) is 19.4 Å². The maximum Gasteiger partial charge on any atom is 0.255 e. The van der Waals surface area contributed by atoms with Crippen molar-refractivity contribution in [2.75, 3.05) is 14.2 Å². The molecule has 3 nitrogen and oxygen atoms in total. The standard InChI is InChI=1S/C22H23NO2S/c1-23(22(24)20-14-26-21-6-4-3-5-19(20)21)13-15-7-8-17-12-18(25-2)10-9-16(17)11-15/h7-12,14H,3-6,13H2,1-2H3. The summed E-state index contributed by atoms with van der Waals surface area (Å²) in [6, 6.07) is 12.4. The van der Waals surface area contributed by atoms with Crippen LogP contribution in [0.25, 0.3) is 10.8 Å². The van der Waals surface area contributed by atoms with Crippen LogP contribution in [0.2, 0.25) is 0 Å². The van der Waals surface area contributed by atoms with E-state index < -0.39 is 0 Å². The highest BCUT2D eigenvalue weighted by molar-refractivity contribution is 7.10. The first-order valence-electron chi connectivity index (χ1n) is 9.07. The maximum absolute atomic E-state index is 12.9. The molecule has 2 aromatic carbocycles. The van der Waals surface area contributed by atoms with Crippen molar-refractivity contribution >= 4 is 28.0 Å². The van der Waals surface area contributed by atoms with E-state index in [2.05, 4.69) is 29.6 Å². The Hall–Kier alpha value is -2.33. The third-order valence-corrected chi connectivity index (χ3v) is 6.26. The van der Waals surface area contributed by atoms with Crippen LogP contribution in [0, 0.1) is 0 Å². The van der Waals surface area contributed by atoms with Crippen molar-refractivity contribution in [3.05, 3.63) is 63.3 Å². The molecule has 1 aliphatic rings. The van der Waals surface area contributed by atoms with Crippen LogP contribution in [0.4, 0.5) is 0 Å². The van der Waals surface area contributed by atoms with E-state index in [1.807, 2.05) is 24.1 Å². The van der Waals surface area contributed by atoms with Gasteiger partial charge in [-0.3, -0.25) is 4.79 Å². The summed E-state index contributed by atoms with van der Waals surface area (Å²) in [6.45, 7) is 0.616. The Morgan fingerprint density at radius 1 is 1.12 bits per heavy atom. The number of benzene rings is 2. The monoisotopic (exact) mass is 365 g/mol. The summed E-state index contributed by atoms with van der Waals surface area (Å²) in [5.74, 6) is 0.999. The first-order valence-corrected chi connectivity index (χ1v) is 9.95. The third-order valence-electron chi connectivity index (χ3n) is 5.17. The number of carbonyl (C=O) groups excluding carboxylic acids is 1. The molecule has 0 bridgehead atoms. The first-order chi connectivity index (χ1) is 12.7. The Morgan fingerprint density at radius 3 is 2.73 bits per heavy atom. The molecule has 0 aliphatic heterocycles. The fourth-order valence-corrected chi connectivity index (χ4v) is 4.84. The lowest BCUT2D eigenvalue weighted by Crippen LogP contribution is -2.27. The fraction of sp³-hybridized carbons (Fsp3) is 0.318. The van der Waals surface area contributed by atoms with Gasteiger partial charge in [0.15, 0.2) is 0 Å². The quantitative estimate of drug-likeness (QED) is 0.647. The molecule has 0 saturated carbocycles. The van der Waals surface area contributed by atoms with E-state index in [0.29, 0.717) is 6.54 Å². The van der Waals surface area contributed by atoms with Gasteiger partial charge in [0.2, 0.25) is 0 Å². The molecule has 134 valence electrons. The van der Waals surface area contributed by atoms with E-state index >= 15 is 0 Å². The number of amides is 1. The van der Waals surface area contributed by atoms with Crippen LogP contribution in [0.5, 0.6) is 5.75 Å². The van der Waals surface area contributed by atoms with E-state index in [0.717, 1.165) is 40.5 Å². The van der Waals surface area contributed by atoms with Crippen molar-refractivity contribution in [2.45, 2.75) is 32.2 Å². The highest BCUT2D eigenvalue weighted by Gasteiger charge is 2.22. The van der Waals surface area contributed by atoms with Crippen molar-refractivity contribution in [1.82, 2.24) is 4.90 Å². The second-order valence-corrected chi connectivity index (χ2v) is 7.93. The molecule has 0 fully saturated rings. The van der Waals surface area contributed by atoms with Crippen LogP contribution in [0.1, 0.15) is 39.2 Å². The normalized spacial score (nSPS) is 13.5. The summed E-state index contributed by atoms with van der Waals surface area (Å²) in [5.41, 5.74) is 3.35. The number of carbonyl (C=O) groups is 1. The SMILES string of the molecule is COc1ccc2cc(CN(C)C(=O)c3csc4c3CCCC4)ccc2c1. The van der Waals surface area contributed by atoms with Gasteiger partial charge in [0.25, 0.3) is 5.91 Å². The van der Waals surface area contributed by atoms with Gasteiger partial charge in [0.05, 0.1) is 12.7 Å². The van der Waals surface area contributed by atoms with E-state index in [9.17, 15) is 4.79 Å². The minimum atomic E-state index is 0.138. The Morgan fingerprint density at radius 2 is 1.88 bits per heavy atom. The number of hydrogen-bond donors (Lipinski definition) is 0. The van der Waals surface area contributed by atoms with Crippen LogP contribution in [0.3, 0.4) is 0 Å². The number of ether oxygens (including phenoxy) is 1. The van der Waals surface area contributed by atoms with Gasteiger partial charge in [-0.15, -0.1) is 11.3 Å². The molecular formula is C22H23NO2S. The van der Waals surface area contributed by atoms with Crippen molar-refractivity contribution in [1.29, 1.82) is 0 Å². The molecule has 0 spiro atoms. The minimum Gasteiger partial charge on any atom is -0.497 e. The van der Waals surface area contributed by atoms with Crippen LogP contribution in [-0.4, -0.2) is 25.0 Å². The maximum atomic E-state index is 12.9. The van der Waals surface area contributed by atoms with Gasteiger partial charge in [-0.2, -0.15) is 0 Å². The zero-order chi connectivity index (χ0) is 18.1. The first kappa shape index (κ1) is 17.1. The van der Waals surface area contributed by atoms with E-state index in [4.69, 9.17) is 4.74 Å². The number of thiophene rings is 1. The molecule has 3 aromatic rings. The summed E-state index contributed by atoms with van der Waals surface area (Å²) < 4.78 is 5.28. The average molecular weight is 365 g/mol. The molecule has 4 rings (SSSR count). The smallest absolute Gasteiger partial charge is 0.255 e. The van der Waals surface area contributed by atoms with Crippen LogP contribution in [0.15, 0.2) is 41.8 Å². The average Bonchev–Trinajstić information content (AvgIpc) is 3.11.